The maximum Gasteiger partial charge on any atom is 0.118 e. The third kappa shape index (κ3) is 2.49. The second kappa shape index (κ2) is 5.04. The molecule has 1 aliphatic heterocycles. The molecule has 0 N–H and O–H groups in total. The summed E-state index contributed by atoms with van der Waals surface area (Å²) in [4.78, 5) is 0. The molecule has 0 aromatic heterocycles. The number of rotatable bonds is 4. The largest absolute Gasteiger partial charge is 0.497 e. The summed E-state index contributed by atoms with van der Waals surface area (Å²) in [5.74, 6) is 0.974. The Morgan fingerprint density at radius 2 is 1.75 bits per heavy atom. The molecule has 0 amide bonds. The standard InChI is InChI=1S/C14H22OSi/c1-3-16(10-4-5-11-16)12-13-6-8-14(15-2)9-7-13/h6-9H,3-5,10-12H2,1-2H3. The van der Waals surface area contributed by atoms with Gasteiger partial charge in [-0.15, -0.1) is 0 Å². The van der Waals surface area contributed by atoms with E-state index in [0.29, 0.717) is 0 Å². The smallest absolute Gasteiger partial charge is 0.118 e. The van der Waals surface area contributed by atoms with Crippen molar-refractivity contribution >= 4 is 8.07 Å². The average Bonchev–Trinajstić information content (AvgIpc) is 2.79. The highest BCUT2D eigenvalue weighted by Crippen LogP contribution is 2.35. The first-order chi connectivity index (χ1) is 7.78. The molecule has 2 heteroatoms. The molecule has 0 aliphatic carbocycles. The summed E-state index contributed by atoms with van der Waals surface area (Å²) in [5.41, 5.74) is 1.52. The molecule has 1 aliphatic rings. The van der Waals surface area contributed by atoms with Crippen molar-refractivity contribution in [1.82, 2.24) is 0 Å². The lowest BCUT2D eigenvalue weighted by Gasteiger charge is -2.25. The van der Waals surface area contributed by atoms with E-state index in [1.54, 1.807) is 19.2 Å². The Balaban J connectivity index is 2.07. The van der Waals surface area contributed by atoms with Gasteiger partial charge in [0.05, 0.1) is 15.2 Å². The van der Waals surface area contributed by atoms with Crippen molar-refractivity contribution in [2.75, 3.05) is 7.11 Å². The van der Waals surface area contributed by atoms with E-state index in [9.17, 15) is 0 Å². The van der Waals surface area contributed by atoms with E-state index in [4.69, 9.17) is 4.74 Å². The quantitative estimate of drug-likeness (QED) is 0.714. The van der Waals surface area contributed by atoms with Gasteiger partial charge in [0.15, 0.2) is 0 Å². The first kappa shape index (κ1) is 11.7. The zero-order valence-electron chi connectivity index (χ0n) is 10.5. The molecular weight excluding hydrogens is 212 g/mol. The Kier molecular flexibility index (Phi) is 3.69. The third-order valence-electron chi connectivity index (χ3n) is 4.15. The van der Waals surface area contributed by atoms with Gasteiger partial charge in [0.25, 0.3) is 0 Å². The van der Waals surface area contributed by atoms with Crippen LogP contribution in [0.3, 0.4) is 0 Å². The van der Waals surface area contributed by atoms with Crippen molar-refractivity contribution in [3.05, 3.63) is 29.8 Å². The van der Waals surface area contributed by atoms with Gasteiger partial charge in [-0.1, -0.05) is 55.6 Å². The fourth-order valence-electron chi connectivity index (χ4n) is 2.96. The Morgan fingerprint density at radius 1 is 1.12 bits per heavy atom. The topological polar surface area (TPSA) is 9.23 Å². The molecule has 2 rings (SSSR count). The molecule has 1 nitrogen and oxygen atoms in total. The van der Waals surface area contributed by atoms with Gasteiger partial charge in [-0.05, 0) is 18.2 Å². The van der Waals surface area contributed by atoms with Gasteiger partial charge in [-0.3, -0.25) is 0 Å². The summed E-state index contributed by atoms with van der Waals surface area (Å²) < 4.78 is 5.20. The normalized spacial score (nSPS) is 18.6. The van der Waals surface area contributed by atoms with Crippen LogP contribution in [0.5, 0.6) is 5.75 Å². The molecule has 0 atom stereocenters. The molecule has 1 heterocycles. The molecule has 0 saturated carbocycles. The van der Waals surface area contributed by atoms with E-state index in [1.807, 2.05) is 0 Å². The lowest BCUT2D eigenvalue weighted by Crippen LogP contribution is -2.32. The van der Waals surface area contributed by atoms with Gasteiger partial charge < -0.3 is 4.74 Å². The number of ether oxygens (including phenoxy) is 1. The number of hydrogen-bond acceptors (Lipinski definition) is 1. The van der Waals surface area contributed by atoms with Gasteiger partial charge in [-0.2, -0.15) is 0 Å². The van der Waals surface area contributed by atoms with E-state index in [-0.39, 0.29) is 0 Å². The first-order valence-electron chi connectivity index (χ1n) is 6.41. The Hall–Kier alpha value is -0.763. The van der Waals surface area contributed by atoms with Gasteiger partial charge >= 0.3 is 0 Å². The molecule has 0 bridgehead atoms. The minimum atomic E-state index is -0.916. The minimum absolute atomic E-state index is 0.916. The lowest BCUT2D eigenvalue weighted by atomic mass is 10.2. The molecular formula is C14H22OSi. The zero-order chi connectivity index (χ0) is 11.4. The Bertz CT molecular complexity index is 325. The maximum atomic E-state index is 5.20. The summed E-state index contributed by atoms with van der Waals surface area (Å²) in [6, 6.07) is 14.6. The lowest BCUT2D eigenvalue weighted by molar-refractivity contribution is 0.414. The SMILES string of the molecule is CC[Si]1(Cc2ccc(OC)cc2)CCCC1. The van der Waals surface area contributed by atoms with E-state index >= 15 is 0 Å². The van der Waals surface area contributed by atoms with Gasteiger partial charge in [0, 0.05) is 0 Å². The summed E-state index contributed by atoms with van der Waals surface area (Å²) in [5, 5.41) is 0. The van der Waals surface area contributed by atoms with Gasteiger partial charge in [0.2, 0.25) is 0 Å². The van der Waals surface area contributed by atoms with E-state index in [0.717, 1.165) is 5.75 Å². The summed E-state index contributed by atoms with van der Waals surface area (Å²) in [6.07, 6.45) is 2.96. The fraction of sp³-hybridized carbons (Fsp3) is 0.571. The predicted octanol–water partition coefficient (Wildman–Crippen LogP) is 4.04. The van der Waals surface area contributed by atoms with Gasteiger partial charge in [0.1, 0.15) is 5.75 Å². The average molecular weight is 234 g/mol. The van der Waals surface area contributed by atoms with E-state index < -0.39 is 8.07 Å². The highest BCUT2D eigenvalue weighted by molar-refractivity contribution is 6.79. The van der Waals surface area contributed by atoms with Gasteiger partial charge in [-0.25, -0.2) is 0 Å². The third-order valence-corrected chi connectivity index (χ3v) is 9.64. The summed E-state index contributed by atoms with van der Waals surface area (Å²) in [6.45, 7) is 2.40. The number of hydrogen-bond donors (Lipinski definition) is 0. The Morgan fingerprint density at radius 3 is 2.25 bits per heavy atom. The molecule has 0 unspecified atom stereocenters. The molecule has 1 aromatic rings. The molecule has 1 aromatic carbocycles. The molecule has 16 heavy (non-hydrogen) atoms. The van der Waals surface area contributed by atoms with Crippen molar-refractivity contribution in [1.29, 1.82) is 0 Å². The second-order valence-corrected chi connectivity index (χ2v) is 10.1. The van der Waals surface area contributed by atoms with Crippen LogP contribution in [0.25, 0.3) is 0 Å². The van der Waals surface area contributed by atoms with Crippen molar-refractivity contribution in [2.24, 2.45) is 0 Å². The van der Waals surface area contributed by atoms with Crippen LogP contribution < -0.4 is 4.74 Å². The molecule has 1 fully saturated rings. The maximum absolute atomic E-state index is 5.20. The van der Waals surface area contributed by atoms with Crippen LogP contribution in [0.4, 0.5) is 0 Å². The monoisotopic (exact) mass is 234 g/mol. The van der Waals surface area contributed by atoms with Crippen molar-refractivity contribution in [2.45, 2.75) is 43.9 Å². The van der Waals surface area contributed by atoms with Crippen LogP contribution in [0, 0.1) is 0 Å². The molecule has 1 saturated heterocycles. The summed E-state index contributed by atoms with van der Waals surface area (Å²) >= 11 is 0. The van der Waals surface area contributed by atoms with Crippen LogP contribution in [-0.2, 0) is 6.04 Å². The Labute approximate surface area is 99.8 Å². The van der Waals surface area contributed by atoms with Crippen LogP contribution in [-0.4, -0.2) is 15.2 Å². The van der Waals surface area contributed by atoms with Crippen LogP contribution >= 0.6 is 0 Å². The van der Waals surface area contributed by atoms with Crippen LogP contribution in [0.2, 0.25) is 18.1 Å². The van der Waals surface area contributed by atoms with E-state index in [1.165, 1.54) is 30.5 Å². The van der Waals surface area contributed by atoms with Crippen molar-refractivity contribution in [3.63, 3.8) is 0 Å². The first-order valence-corrected chi connectivity index (χ1v) is 9.24. The van der Waals surface area contributed by atoms with Crippen molar-refractivity contribution < 1.29 is 4.74 Å². The van der Waals surface area contributed by atoms with Crippen LogP contribution in [0.15, 0.2) is 24.3 Å². The summed E-state index contributed by atoms with van der Waals surface area (Å²) in [7, 11) is 0.815. The minimum Gasteiger partial charge on any atom is -0.497 e. The fourth-order valence-corrected chi connectivity index (χ4v) is 7.62. The predicted molar refractivity (Wildman–Crippen MR) is 71.8 cm³/mol. The molecule has 88 valence electrons. The molecule has 0 radical (unpaired) electrons. The highest BCUT2D eigenvalue weighted by atomic mass is 28.3. The van der Waals surface area contributed by atoms with Crippen LogP contribution in [0.1, 0.15) is 25.3 Å². The van der Waals surface area contributed by atoms with Crippen molar-refractivity contribution in [3.8, 4) is 5.75 Å². The zero-order valence-corrected chi connectivity index (χ0v) is 11.5. The number of methoxy groups -OCH3 is 1. The van der Waals surface area contributed by atoms with E-state index in [2.05, 4.69) is 31.2 Å². The highest BCUT2D eigenvalue weighted by Gasteiger charge is 2.34. The molecule has 0 spiro atoms. The number of benzene rings is 1. The second-order valence-electron chi connectivity index (χ2n) is 5.09.